The van der Waals surface area contributed by atoms with Crippen LogP contribution >= 0.6 is 0 Å². The predicted molar refractivity (Wildman–Crippen MR) is 52.9 cm³/mol. The predicted octanol–water partition coefficient (Wildman–Crippen LogP) is -0.0896. The van der Waals surface area contributed by atoms with Gasteiger partial charge in [0.1, 0.15) is 5.75 Å². The van der Waals surface area contributed by atoms with E-state index in [1.165, 1.54) is 4.90 Å². The number of carbonyl (C=O) groups excluding carboxylic acids is 1. The lowest BCUT2D eigenvalue weighted by atomic mass is 10.2. The minimum absolute atomic E-state index is 0.0358. The summed E-state index contributed by atoms with van der Waals surface area (Å²) in [6, 6.07) is 5.14. The molecule has 1 aliphatic heterocycles. The fraction of sp³-hybridized carbons (Fsp3) is 0.222. The molecule has 5 nitrogen and oxygen atoms in total. The van der Waals surface area contributed by atoms with E-state index in [2.05, 4.69) is 0 Å². The number of carbonyl (C=O) groups is 1. The lowest BCUT2D eigenvalue weighted by molar-refractivity contribution is -0.121. The summed E-state index contributed by atoms with van der Waals surface area (Å²) >= 11 is 0. The van der Waals surface area contributed by atoms with Gasteiger partial charge in [0, 0.05) is 5.69 Å². The first-order valence-electron chi connectivity index (χ1n) is 4.25. The molecule has 0 fully saturated rings. The number of fused-ring (bicyclic) bond motifs is 1. The molecule has 1 aliphatic rings. The molecule has 1 heterocycles. The first-order chi connectivity index (χ1) is 6.72. The van der Waals surface area contributed by atoms with Crippen molar-refractivity contribution >= 4 is 17.3 Å². The Labute approximate surface area is 81.2 Å². The summed E-state index contributed by atoms with van der Waals surface area (Å²) in [6.07, 6.45) is 0. The number of hydrogen-bond donors (Lipinski definition) is 2. The molecular formula is C9H11N3O2. The number of rotatable bonds is 1. The Kier molecular flexibility index (Phi) is 2.01. The third-order valence-electron chi connectivity index (χ3n) is 2.11. The number of benzene rings is 1. The van der Waals surface area contributed by atoms with Crippen LogP contribution in [0.25, 0.3) is 0 Å². The number of hydrogen-bond acceptors (Lipinski definition) is 4. The molecule has 1 amide bonds. The zero-order valence-corrected chi connectivity index (χ0v) is 7.56. The Hall–Kier alpha value is -1.75. The van der Waals surface area contributed by atoms with Gasteiger partial charge in [0.25, 0.3) is 5.91 Å². The minimum Gasteiger partial charge on any atom is -0.482 e. The highest BCUT2D eigenvalue weighted by Gasteiger charge is 2.24. The molecule has 1 aromatic rings. The fourth-order valence-electron chi connectivity index (χ4n) is 1.42. The molecule has 0 aromatic heterocycles. The Morgan fingerprint density at radius 1 is 1.50 bits per heavy atom. The van der Waals surface area contributed by atoms with Crippen LogP contribution in [0, 0.1) is 0 Å². The Morgan fingerprint density at radius 2 is 2.29 bits per heavy atom. The molecule has 1 aromatic carbocycles. The summed E-state index contributed by atoms with van der Waals surface area (Å²) in [5, 5.41) is 0. The van der Waals surface area contributed by atoms with E-state index in [1.807, 2.05) is 0 Å². The van der Waals surface area contributed by atoms with Gasteiger partial charge in [0.2, 0.25) is 0 Å². The number of ether oxygens (including phenoxy) is 1. The van der Waals surface area contributed by atoms with E-state index in [9.17, 15) is 4.79 Å². The van der Waals surface area contributed by atoms with E-state index in [0.29, 0.717) is 17.1 Å². The monoisotopic (exact) mass is 193 g/mol. The van der Waals surface area contributed by atoms with Crippen molar-refractivity contribution in [2.45, 2.75) is 0 Å². The molecule has 0 radical (unpaired) electrons. The number of amides is 1. The van der Waals surface area contributed by atoms with Crippen LogP contribution in [0.3, 0.4) is 0 Å². The lowest BCUT2D eigenvalue weighted by Crippen LogP contribution is -2.42. The number of anilines is 2. The highest BCUT2D eigenvalue weighted by atomic mass is 16.5. The molecule has 14 heavy (non-hydrogen) atoms. The first-order valence-corrected chi connectivity index (χ1v) is 4.25. The number of nitrogens with two attached hydrogens (primary N) is 2. The van der Waals surface area contributed by atoms with Gasteiger partial charge in [0.15, 0.2) is 6.61 Å². The van der Waals surface area contributed by atoms with Crippen molar-refractivity contribution < 1.29 is 9.53 Å². The minimum atomic E-state index is -0.148. The molecular weight excluding hydrogens is 182 g/mol. The second-order valence-corrected chi connectivity index (χ2v) is 3.02. The molecule has 0 aliphatic carbocycles. The van der Waals surface area contributed by atoms with E-state index in [1.54, 1.807) is 18.2 Å². The Bertz CT molecular complexity index is 378. The standard InChI is InChI=1S/C9H11N3O2/c10-5-12-7-3-6(11)1-2-8(7)14-4-9(12)13/h1-3H,4-5,10-11H2. The van der Waals surface area contributed by atoms with E-state index in [4.69, 9.17) is 16.2 Å². The van der Waals surface area contributed by atoms with Crippen molar-refractivity contribution in [2.75, 3.05) is 23.9 Å². The van der Waals surface area contributed by atoms with Crippen molar-refractivity contribution in [1.82, 2.24) is 0 Å². The topological polar surface area (TPSA) is 81.6 Å². The van der Waals surface area contributed by atoms with E-state index in [-0.39, 0.29) is 19.2 Å². The van der Waals surface area contributed by atoms with Crippen LogP contribution in [-0.4, -0.2) is 19.2 Å². The zero-order chi connectivity index (χ0) is 10.1. The maximum Gasteiger partial charge on any atom is 0.266 e. The van der Waals surface area contributed by atoms with E-state index < -0.39 is 0 Å². The second-order valence-electron chi connectivity index (χ2n) is 3.02. The molecule has 4 N–H and O–H groups in total. The largest absolute Gasteiger partial charge is 0.482 e. The summed E-state index contributed by atoms with van der Waals surface area (Å²) in [5.74, 6) is 0.495. The van der Waals surface area contributed by atoms with Crippen molar-refractivity contribution in [2.24, 2.45) is 5.73 Å². The van der Waals surface area contributed by atoms with Crippen LogP contribution in [0.4, 0.5) is 11.4 Å². The molecule has 0 spiro atoms. The van der Waals surface area contributed by atoms with Crippen LogP contribution < -0.4 is 21.1 Å². The maximum absolute atomic E-state index is 11.4. The third kappa shape index (κ3) is 1.27. The summed E-state index contributed by atoms with van der Waals surface area (Å²) in [7, 11) is 0. The average Bonchev–Trinajstić information content (AvgIpc) is 2.17. The second kappa shape index (κ2) is 3.19. The third-order valence-corrected chi connectivity index (χ3v) is 2.11. The quantitative estimate of drug-likeness (QED) is 0.611. The fourth-order valence-corrected chi connectivity index (χ4v) is 1.42. The normalized spacial score (nSPS) is 14.9. The summed E-state index contributed by atoms with van der Waals surface area (Å²) < 4.78 is 5.22. The molecule has 0 saturated heterocycles. The van der Waals surface area contributed by atoms with Crippen molar-refractivity contribution in [3.63, 3.8) is 0 Å². The Morgan fingerprint density at radius 3 is 3.00 bits per heavy atom. The van der Waals surface area contributed by atoms with Gasteiger partial charge < -0.3 is 16.2 Å². The van der Waals surface area contributed by atoms with Crippen LogP contribution in [0.5, 0.6) is 5.75 Å². The molecule has 74 valence electrons. The highest BCUT2D eigenvalue weighted by molar-refractivity contribution is 5.98. The van der Waals surface area contributed by atoms with Crippen molar-refractivity contribution in [3.05, 3.63) is 18.2 Å². The molecule has 2 rings (SSSR count). The molecule has 0 unspecified atom stereocenters. The van der Waals surface area contributed by atoms with Crippen LogP contribution in [0.2, 0.25) is 0 Å². The molecule has 0 saturated carbocycles. The summed E-state index contributed by atoms with van der Waals surface area (Å²) in [4.78, 5) is 12.8. The molecule has 0 bridgehead atoms. The van der Waals surface area contributed by atoms with Gasteiger partial charge in [-0.15, -0.1) is 0 Å². The van der Waals surface area contributed by atoms with Gasteiger partial charge in [0.05, 0.1) is 12.4 Å². The molecule has 0 atom stereocenters. The van der Waals surface area contributed by atoms with Gasteiger partial charge in [-0.3, -0.25) is 9.69 Å². The van der Waals surface area contributed by atoms with Gasteiger partial charge in [-0.25, -0.2) is 0 Å². The SMILES string of the molecule is NCN1C(=O)COc2ccc(N)cc21. The maximum atomic E-state index is 11.4. The van der Waals surface area contributed by atoms with Gasteiger partial charge >= 0.3 is 0 Å². The van der Waals surface area contributed by atoms with E-state index >= 15 is 0 Å². The van der Waals surface area contributed by atoms with Crippen LogP contribution in [0.15, 0.2) is 18.2 Å². The van der Waals surface area contributed by atoms with Crippen LogP contribution in [-0.2, 0) is 4.79 Å². The van der Waals surface area contributed by atoms with Gasteiger partial charge in [-0.2, -0.15) is 0 Å². The lowest BCUT2D eigenvalue weighted by Gasteiger charge is -2.28. The first kappa shape index (κ1) is 8.83. The highest BCUT2D eigenvalue weighted by Crippen LogP contribution is 2.32. The van der Waals surface area contributed by atoms with Gasteiger partial charge in [-0.1, -0.05) is 0 Å². The summed E-state index contributed by atoms with van der Waals surface area (Å²) in [6.45, 7) is 0.173. The summed E-state index contributed by atoms with van der Waals surface area (Å²) in [5.41, 5.74) is 12.3. The number of nitrogen functional groups attached to an aromatic ring is 1. The Balaban J connectivity index is 2.49. The van der Waals surface area contributed by atoms with E-state index in [0.717, 1.165) is 0 Å². The number of nitrogens with zero attached hydrogens (tertiary/aromatic N) is 1. The van der Waals surface area contributed by atoms with Crippen LogP contribution in [0.1, 0.15) is 0 Å². The van der Waals surface area contributed by atoms with Gasteiger partial charge in [-0.05, 0) is 18.2 Å². The van der Waals surface area contributed by atoms with Crippen molar-refractivity contribution in [3.8, 4) is 5.75 Å². The smallest absolute Gasteiger partial charge is 0.266 e. The zero-order valence-electron chi connectivity index (χ0n) is 7.56. The van der Waals surface area contributed by atoms with Crippen molar-refractivity contribution in [1.29, 1.82) is 0 Å². The molecule has 5 heteroatoms. The average molecular weight is 193 g/mol.